The van der Waals surface area contributed by atoms with E-state index >= 15 is 0 Å². The Morgan fingerprint density at radius 3 is 3.04 bits per heavy atom. The smallest absolute Gasteiger partial charge is 0.264 e. The third-order valence-corrected chi connectivity index (χ3v) is 5.09. The lowest BCUT2D eigenvalue weighted by Gasteiger charge is -2.12. The summed E-state index contributed by atoms with van der Waals surface area (Å²) in [5.74, 6) is 1.04. The van der Waals surface area contributed by atoms with Gasteiger partial charge in [-0.05, 0) is 31.4 Å². The van der Waals surface area contributed by atoms with Gasteiger partial charge in [-0.15, -0.1) is 10.2 Å². The molecule has 0 radical (unpaired) electrons. The van der Waals surface area contributed by atoms with Crippen LogP contribution in [0.2, 0.25) is 0 Å². The lowest BCUT2D eigenvalue weighted by atomic mass is 10.2. The molecule has 0 unspecified atom stereocenters. The molecule has 7 heteroatoms. The van der Waals surface area contributed by atoms with Crippen molar-refractivity contribution in [1.29, 1.82) is 0 Å². The maximum absolute atomic E-state index is 12.6. The first-order valence-electron chi connectivity index (χ1n) is 10.0. The minimum atomic E-state index is -0.0520. The molecule has 3 aromatic rings. The summed E-state index contributed by atoms with van der Waals surface area (Å²) in [6.07, 6.45) is 5.04. The zero-order valence-corrected chi connectivity index (χ0v) is 16.2. The van der Waals surface area contributed by atoms with Gasteiger partial charge < -0.3 is 19.0 Å². The van der Waals surface area contributed by atoms with Gasteiger partial charge >= 0.3 is 0 Å². The monoisotopic (exact) mass is 382 g/mol. The second-order valence-corrected chi connectivity index (χ2v) is 7.22. The number of amides is 1. The minimum Gasteiger partial charge on any atom is -0.419 e. The Labute approximate surface area is 164 Å². The van der Waals surface area contributed by atoms with Crippen molar-refractivity contribution in [2.24, 2.45) is 0 Å². The fraction of sp³-hybridized carbons (Fsp3) is 0.476. The summed E-state index contributed by atoms with van der Waals surface area (Å²) in [5, 5.41) is 12.4. The largest absolute Gasteiger partial charge is 0.419 e. The van der Waals surface area contributed by atoms with Crippen molar-refractivity contribution in [1.82, 2.24) is 20.1 Å². The number of ether oxygens (including phenoxy) is 1. The maximum Gasteiger partial charge on any atom is 0.264 e. The zero-order chi connectivity index (χ0) is 19.3. The Morgan fingerprint density at radius 2 is 2.21 bits per heavy atom. The number of fused-ring (bicyclic) bond motifs is 1. The average molecular weight is 382 g/mol. The van der Waals surface area contributed by atoms with Gasteiger partial charge in [0.25, 0.3) is 5.89 Å². The van der Waals surface area contributed by atoms with Crippen LogP contribution in [0.5, 0.6) is 0 Å². The highest BCUT2D eigenvalue weighted by atomic mass is 16.5. The van der Waals surface area contributed by atoms with Crippen molar-refractivity contribution in [3.63, 3.8) is 0 Å². The van der Waals surface area contributed by atoms with Crippen molar-refractivity contribution in [2.75, 3.05) is 13.2 Å². The van der Waals surface area contributed by atoms with Crippen molar-refractivity contribution in [3.05, 3.63) is 36.2 Å². The van der Waals surface area contributed by atoms with Crippen LogP contribution < -0.4 is 5.32 Å². The molecule has 4 rings (SSSR count). The molecule has 3 heterocycles. The number of nitrogens with zero attached hydrogens (tertiary/aromatic N) is 3. The zero-order valence-electron chi connectivity index (χ0n) is 16.2. The number of benzene rings is 1. The minimum absolute atomic E-state index is 0.0520. The fourth-order valence-corrected chi connectivity index (χ4v) is 3.58. The molecular weight excluding hydrogens is 356 g/mol. The molecule has 1 atom stereocenters. The van der Waals surface area contributed by atoms with Crippen LogP contribution in [0.4, 0.5) is 0 Å². The number of carbonyl (C=O) groups is 1. The first-order chi connectivity index (χ1) is 13.7. The first kappa shape index (κ1) is 18.7. The summed E-state index contributed by atoms with van der Waals surface area (Å²) < 4.78 is 13.4. The van der Waals surface area contributed by atoms with Crippen LogP contribution >= 0.6 is 0 Å². The summed E-state index contributed by atoms with van der Waals surface area (Å²) >= 11 is 0. The van der Waals surface area contributed by atoms with E-state index in [-0.39, 0.29) is 18.6 Å². The van der Waals surface area contributed by atoms with E-state index in [1.54, 1.807) is 0 Å². The Balaban J connectivity index is 1.56. The van der Waals surface area contributed by atoms with Crippen molar-refractivity contribution in [2.45, 2.75) is 51.7 Å². The van der Waals surface area contributed by atoms with E-state index in [0.717, 1.165) is 55.3 Å². The summed E-state index contributed by atoms with van der Waals surface area (Å²) in [5.41, 5.74) is 1.74. The number of para-hydroxylation sites is 1. The van der Waals surface area contributed by atoms with Crippen LogP contribution in [0.1, 0.15) is 38.5 Å². The fourth-order valence-electron chi connectivity index (χ4n) is 3.58. The molecule has 1 N–H and O–H groups in total. The van der Waals surface area contributed by atoms with Gasteiger partial charge in [0.05, 0.1) is 6.10 Å². The third kappa shape index (κ3) is 4.09. The van der Waals surface area contributed by atoms with Crippen molar-refractivity contribution >= 4 is 16.8 Å². The molecule has 28 heavy (non-hydrogen) atoms. The molecule has 2 aromatic heterocycles. The molecule has 1 aliphatic rings. The molecule has 148 valence electrons. The Hall–Kier alpha value is -2.67. The summed E-state index contributed by atoms with van der Waals surface area (Å²) in [4.78, 5) is 12.6. The first-order valence-corrected chi connectivity index (χ1v) is 10.0. The van der Waals surface area contributed by atoms with Crippen molar-refractivity contribution < 1.29 is 13.9 Å². The number of hydrogen-bond donors (Lipinski definition) is 1. The SMILES string of the molecule is CCCCc1nnc(-c2cc3ccccc3n2CC(=O)NC[C@H]2CCCO2)o1. The predicted molar refractivity (Wildman–Crippen MR) is 106 cm³/mol. The molecule has 1 amide bonds. The number of unbranched alkanes of at least 4 members (excludes halogenated alkanes) is 1. The van der Waals surface area contributed by atoms with E-state index in [1.807, 2.05) is 34.9 Å². The van der Waals surface area contributed by atoms with Crippen LogP contribution in [0, 0.1) is 0 Å². The van der Waals surface area contributed by atoms with Gasteiger partial charge in [-0.1, -0.05) is 31.5 Å². The lowest BCUT2D eigenvalue weighted by Crippen LogP contribution is -2.34. The second kappa shape index (κ2) is 8.56. The van der Waals surface area contributed by atoms with Gasteiger partial charge in [-0.25, -0.2) is 0 Å². The molecule has 0 spiro atoms. The number of hydrogen-bond acceptors (Lipinski definition) is 5. The summed E-state index contributed by atoms with van der Waals surface area (Å²) in [7, 11) is 0. The van der Waals surface area contributed by atoms with Gasteiger partial charge in [-0.2, -0.15) is 0 Å². The molecule has 1 aromatic carbocycles. The molecule has 0 aliphatic carbocycles. The molecule has 1 aliphatic heterocycles. The van der Waals surface area contributed by atoms with E-state index in [1.165, 1.54) is 0 Å². The quantitative estimate of drug-likeness (QED) is 0.646. The molecular formula is C21H26N4O3. The van der Waals surface area contributed by atoms with Crippen LogP contribution in [-0.4, -0.2) is 39.9 Å². The van der Waals surface area contributed by atoms with E-state index in [4.69, 9.17) is 9.15 Å². The Bertz CT molecular complexity index is 940. The van der Waals surface area contributed by atoms with Crippen molar-refractivity contribution in [3.8, 4) is 11.6 Å². The van der Waals surface area contributed by atoms with E-state index in [2.05, 4.69) is 22.4 Å². The van der Waals surface area contributed by atoms with E-state index < -0.39 is 0 Å². The highest BCUT2D eigenvalue weighted by Gasteiger charge is 2.20. The van der Waals surface area contributed by atoms with Gasteiger partial charge in [0.15, 0.2) is 0 Å². The van der Waals surface area contributed by atoms with Crippen LogP contribution in [0.25, 0.3) is 22.5 Å². The normalized spacial score (nSPS) is 16.7. The predicted octanol–water partition coefficient (Wildman–Crippen LogP) is 3.33. The second-order valence-electron chi connectivity index (χ2n) is 7.22. The number of aryl methyl sites for hydroxylation is 1. The standard InChI is InChI=1S/C21H26N4O3/c1-2-3-10-20-23-24-21(28-20)18-12-15-7-4-5-9-17(15)25(18)14-19(26)22-13-16-8-6-11-27-16/h4-5,7,9,12,16H,2-3,6,8,10-11,13-14H2,1H3,(H,22,26)/t16-/m1/s1. The highest BCUT2D eigenvalue weighted by Crippen LogP contribution is 2.27. The van der Waals surface area contributed by atoms with E-state index in [0.29, 0.717) is 18.3 Å². The maximum atomic E-state index is 12.6. The molecule has 1 fully saturated rings. The average Bonchev–Trinajstić information content (AvgIpc) is 3.45. The topological polar surface area (TPSA) is 82.2 Å². The number of rotatable bonds is 8. The molecule has 0 saturated carbocycles. The van der Waals surface area contributed by atoms with Gasteiger partial charge in [0.2, 0.25) is 11.8 Å². The Morgan fingerprint density at radius 1 is 1.32 bits per heavy atom. The summed E-state index contributed by atoms with van der Waals surface area (Å²) in [6.45, 7) is 3.66. The van der Waals surface area contributed by atoms with E-state index in [9.17, 15) is 4.79 Å². The lowest BCUT2D eigenvalue weighted by molar-refractivity contribution is -0.122. The molecule has 0 bridgehead atoms. The van der Waals surface area contributed by atoms with Gasteiger partial charge in [0, 0.05) is 30.5 Å². The van der Waals surface area contributed by atoms with Gasteiger partial charge in [0.1, 0.15) is 12.2 Å². The molecule has 1 saturated heterocycles. The van der Waals surface area contributed by atoms with Crippen LogP contribution in [-0.2, 0) is 22.5 Å². The molecule has 7 nitrogen and oxygen atoms in total. The number of aromatic nitrogens is 3. The number of nitrogens with one attached hydrogen (secondary N) is 1. The van der Waals surface area contributed by atoms with Crippen LogP contribution in [0.3, 0.4) is 0 Å². The van der Waals surface area contributed by atoms with Gasteiger partial charge in [-0.3, -0.25) is 4.79 Å². The van der Waals surface area contributed by atoms with Crippen LogP contribution in [0.15, 0.2) is 34.7 Å². The number of carbonyl (C=O) groups excluding carboxylic acids is 1. The Kier molecular flexibility index (Phi) is 5.71. The third-order valence-electron chi connectivity index (χ3n) is 5.09. The highest BCUT2D eigenvalue weighted by molar-refractivity contribution is 5.88. The summed E-state index contributed by atoms with van der Waals surface area (Å²) in [6, 6.07) is 9.97.